The lowest BCUT2D eigenvalue weighted by atomic mass is 10.1. The Hall–Kier alpha value is -0.770. The van der Waals surface area contributed by atoms with Crippen molar-refractivity contribution in [1.82, 2.24) is 4.90 Å². The third kappa shape index (κ3) is 4.10. The van der Waals surface area contributed by atoms with Crippen LogP contribution in [0.15, 0.2) is 18.2 Å². The van der Waals surface area contributed by atoms with Crippen molar-refractivity contribution in [2.75, 3.05) is 6.54 Å². The van der Waals surface area contributed by atoms with Crippen molar-refractivity contribution in [2.45, 2.75) is 38.3 Å². The van der Waals surface area contributed by atoms with E-state index in [0.29, 0.717) is 23.0 Å². The number of hydrogen-bond acceptors (Lipinski definition) is 2. The second-order valence-corrected chi connectivity index (χ2v) is 5.82. The fraction of sp³-hybridized carbons (Fsp3) is 0.500. The molecule has 0 aliphatic carbocycles. The van der Waals surface area contributed by atoms with E-state index < -0.39 is 12.0 Å². The predicted octanol–water partition coefficient (Wildman–Crippen LogP) is 3.82. The summed E-state index contributed by atoms with van der Waals surface area (Å²) < 4.78 is 0. The molecule has 0 amide bonds. The van der Waals surface area contributed by atoms with Crippen LogP contribution >= 0.6 is 23.2 Å². The first-order chi connectivity index (χ1) is 9.06. The molecule has 2 rings (SSSR count). The third-order valence-electron chi connectivity index (χ3n) is 3.46. The molecule has 1 aromatic rings. The van der Waals surface area contributed by atoms with Gasteiger partial charge in [-0.15, -0.1) is 0 Å². The van der Waals surface area contributed by atoms with Gasteiger partial charge in [0.05, 0.1) is 0 Å². The van der Waals surface area contributed by atoms with E-state index in [0.717, 1.165) is 31.4 Å². The van der Waals surface area contributed by atoms with Crippen molar-refractivity contribution in [1.29, 1.82) is 0 Å². The van der Waals surface area contributed by atoms with Crippen LogP contribution in [0.1, 0.15) is 31.2 Å². The number of carboxylic acids is 1. The number of carboxylic acid groups (broad SMARTS) is 1. The Kier molecular flexibility index (Phi) is 5.08. The number of carbonyl (C=O) groups is 1. The quantitative estimate of drug-likeness (QED) is 0.922. The summed E-state index contributed by atoms with van der Waals surface area (Å²) in [6, 6.07) is 4.97. The maximum Gasteiger partial charge on any atom is 0.320 e. The Morgan fingerprint density at radius 1 is 1.21 bits per heavy atom. The molecule has 1 heterocycles. The highest BCUT2D eigenvalue weighted by Crippen LogP contribution is 2.23. The van der Waals surface area contributed by atoms with Gasteiger partial charge in [-0.25, -0.2) is 0 Å². The number of aliphatic carboxylic acids is 1. The van der Waals surface area contributed by atoms with Gasteiger partial charge in [0.1, 0.15) is 6.04 Å². The van der Waals surface area contributed by atoms with Gasteiger partial charge in [-0.3, -0.25) is 9.69 Å². The van der Waals surface area contributed by atoms with Gasteiger partial charge in [-0.05, 0) is 43.1 Å². The second kappa shape index (κ2) is 6.60. The van der Waals surface area contributed by atoms with Crippen molar-refractivity contribution >= 4 is 29.2 Å². The summed E-state index contributed by atoms with van der Waals surface area (Å²) in [5, 5.41) is 10.5. The zero-order chi connectivity index (χ0) is 13.8. The van der Waals surface area contributed by atoms with E-state index in [-0.39, 0.29) is 0 Å². The molecule has 0 radical (unpaired) electrons. The van der Waals surface area contributed by atoms with E-state index in [1.807, 2.05) is 17.0 Å². The lowest BCUT2D eigenvalue weighted by Gasteiger charge is -2.26. The van der Waals surface area contributed by atoms with Gasteiger partial charge in [0.15, 0.2) is 0 Å². The van der Waals surface area contributed by atoms with Crippen LogP contribution in [0.5, 0.6) is 0 Å². The van der Waals surface area contributed by atoms with Gasteiger partial charge in [-0.2, -0.15) is 0 Å². The van der Waals surface area contributed by atoms with Gasteiger partial charge in [0.25, 0.3) is 0 Å². The zero-order valence-electron chi connectivity index (χ0n) is 10.6. The summed E-state index contributed by atoms with van der Waals surface area (Å²) in [6.45, 7) is 1.39. The average molecular weight is 302 g/mol. The summed E-state index contributed by atoms with van der Waals surface area (Å²) in [5.74, 6) is -0.741. The summed E-state index contributed by atoms with van der Waals surface area (Å²) in [6.07, 6.45) is 3.82. The molecule has 5 heteroatoms. The van der Waals surface area contributed by atoms with E-state index in [2.05, 4.69) is 0 Å². The average Bonchev–Trinajstić information content (AvgIpc) is 2.53. The van der Waals surface area contributed by atoms with Gasteiger partial charge in [0.2, 0.25) is 0 Å². The second-order valence-electron chi connectivity index (χ2n) is 4.95. The Balaban J connectivity index is 2.15. The molecule has 3 nitrogen and oxygen atoms in total. The molecule has 104 valence electrons. The van der Waals surface area contributed by atoms with Crippen LogP contribution in [-0.2, 0) is 11.3 Å². The number of hydrogen-bond donors (Lipinski definition) is 1. The molecule has 1 fully saturated rings. The standard InChI is InChI=1S/C14H17Cl2NO2/c15-11-6-10(7-12(16)8-11)9-17-5-3-1-2-4-13(17)14(18)19/h6-8,13H,1-5,9H2,(H,18,19). The van der Waals surface area contributed by atoms with Crippen LogP contribution in [-0.4, -0.2) is 28.6 Å². The minimum absolute atomic E-state index is 0.403. The molecule has 0 spiro atoms. The fourth-order valence-electron chi connectivity index (χ4n) is 2.57. The molecule has 0 bridgehead atoms. The first-order valence-electron chi connectivity index (χ1n) is 6.48. The van der Waals surface area contributed by atoms with E-state index in [4.69, 9.17) is 23.2 Å². The van der Waals surface area contributed by atoms with Crippen LogP contribution in [0.25, 0.3) is 0 Å². The third-order valence-corrected chi connectivity index (χ3v) is 3.89. The number of benzene rings is 1. The number of likely N-dealkylation sites (tertiary alicyclic amines) is 1. The van der Waals surface area contributed by atoms with Crippen molar-refractivity contribution in [3.63, 3.8) is 0 Å². The summed E-state index contributed by atoms with van der Waals surface area (Å²) in [7, 11) is 0. The van der Waals surface area contributed by atoms with E-state index in [9.17, 15) is 9.90 Å². The number of halogens is 2. The normalized spacial score (nSPS) is 21.1. The molecular formula is C14H17Cl2NO2. The molecule has 1 saturated heterocycles. The summed E-state index contributed by atoms with van der Waals surface area (Å²) in [5.41, 5.74) is 0.964. The first kappa shape index (κ1) is 14.6. The van der Waals surface area contributed by atoms with Crippen LogP contribution in [0.2, 0.25) is 10.0 Å². The molecule has 19 heavy (non-hydrogen) atoms. The fourth-order valence-corrected chi connectivity index (χ4v) is 3.14. The van der Waals surface area contributed by atoms with Crippen molar-refractivity contribution in [3.8, 4) is 0 Å². The zero-order valence-corrected chi connectivity index (χ0v) is 12.1. The minimum Gasteiger partial charge on any atom is -0.480 e. The van der Waals surface area contributed by atoms with Crippen molar-refractivity contribution < 1.29 is 9.90 Å². The lowest BCUT2D eigenvalue weighted by Crippen LogP contribution is -2.40. The van der Waals surface area contributed by atoms with Crippen LogP contribution in [0.3, 0.4) is 0 Å². The molecule has 0 saturated carbocycles. The predicted molar refractivity (Wildman–Crippen MR) is 76.8 cm³/mol. The molecule has 1 unspecified atom stereocenters. The Bertz CT molecular complexity index is 445. The Labute approximate surface area is 123 Å². The highest BCUT2D eigenvalue weighted by Gasteiger charge is 2.27. The molecule has 1 atom stereocenters. The molecule has 1 aromatic carbocycles. The van der Waals surface area contributed by atoms with Gasteiger partial charge in [-0.1, -0.05) is 36.0 Å². The number of rotatable bonds is 3. The minimum atomic E-state index is -0.741. The maximum absolute atomic E-state index is 11.3. The topological polar surface area (TPSA) is 40.5 Å². The Morgan fingerprint density at radius 3 is 2.53 bits per heavy atom. The molecular weight excluding hydrogens is 285 g/mol. The van der Waals surface area contributed by atoms with E-state index in [1.54, 1.807) is 6.07 Å². The first-order valence-corrected chi connectivity index (χ1v) is 7.23. The van der Waals surface area contributed by atoms with Gasteiger partial charge >= 0.3 is 5.97 Å². The van der Waals surface area contributed by atoms with Crippen LogP contribution in [0, 0.1) is 0 Å². The Morgan fingerprint density at radius 2 is 1.89 bits per heavy atom. The molecule has 1 aliphatic rings. The highest BCUT2D eigenvalue weighted by atomic mass is 35.5. The smallest absolute Gasteiger partial charge is 0.320 e. The van der Waals surface area contributed by atoms with Gasteiger partial charge in [0, 0.05) is 16.6 Å². The van der Waals surface area contributed by atoms with Crippen molar-refractivity contribution in [2.24, 2.45) is 0 Å². The molecule has 1 N–H and O–H groups in total. The molecule has 0 aromatic heterocycles. The highest BCUT2D eigenvalue weighted by molar-refractivity contribution is 6.34. The summed E-state index contributed by atoms with van der Waals surface area (Å²) >= 11 is 12.0. The van der Waals surface area contributed by atoms with E-state index in [1.165, 1.54) is 0 Å². The van der Waals surface area contributed by atoms with Crippen LogP contribution in [0.4, 0.5) is 0 Å². The van der Waals surface area contributed by atoms with Crippen LogP contribution < -0.4 is 0 Å². The van der Waals surface area contributed by atoms with Crippen molar-refractivity contribution in [3.05, 3.63) is 33.8 Å². The summed E-state index contributed by atoms with van der Waals surface area (Å²) in [4.78, 5) is 13.4. The number of nitrogens with zero attached hydrogens (tertiary/aromatic N) is 1. The monoisotopic (exact) mass is 301 g/mol. The lowest BCUT2D eigenvalue weighted by molar-refractivity contribution is -0.143. The van der Waals surface area contributed by atoms with E-state index >= 15 is 0 Å². The SMILES string of the molecule is O=C(O)C1CCCCCN1Cc1cc(Cl)cc(Cl)c1. The van der Waals surface area contributed by atoms with Gasteiger partial charge < -0.3 is 5.11 Å². The largest absolute Gasteiger partial charge is 0.480 e. The maximum atomic E-state index is 11.3. The molecule has 1 aliphatic heterocycles.